The summed E-state index contributed by atoms with van der Waals surface area (Å²) in [7, 11) is 0. The second-order valence-electron chi connectivity index (χ2n) is 6.41. The highest BCUT2D eigenvalue weighted by Gasteiger charge is 2.25. The molecule has 28 heavy (non-hydrogen) atoms. The van der Waals surface area contributed by atoms with Crippen LogP contribution in [0.25, 0.3) is 0 Å². The quantitative estimate of drug-likeness (QED) is 0.673. The average molecular weight is 386 g/mol. The lowest BCUT2D eigenvalue weighted by atomic mass is 10.2. The molecule has 148 valence electrons. The molecular formula is C21H23FN2O4. The van der Waals surface area contributed by atoms with Crippen LogP contribution in [0.15, 0.2) is 48.5 Å². The fourth-order valence-electron chi connectivity index (χ4n) is 2.88. The smallest absolute Gasteiger partial charge is 0.265 e. The van der Waals surface area contributed by atoms with Crippen molar-refractivity contribution in [2.45, 2.75) is 19.3 Å². The summed E-state index contributed by atoms with van der Waals surface area (Å²) in [4.78, 5) is 25.7. The van der Waals surface area contributed by atoms with Crippen molar-refractivity contribution in [3.05, 3.63) is 54.3 Å². The van der Waals surface area contributed by atoms with Crippen molar-refractivity contribution in [1.82, 2.24) is 5.32 Å². The zero-order chi connectivity index (χ0) is 19.8. The molecule has 1 heterocycles. The molecule has 0 fully saturated rings. The molecule has 0 spiro atoms. The van der Waals surface area contributed by atoms with E-state index in [1.54, 1.807) is 17.0 Å². The fraction of sp³-hybridized carbons (Fsp3) is 0.333. The van der Waals surface area contributed by atoms with Gasteiger partial charge in [0.05, 0.1) is 12.3 Å². The van der Waals surface area contributed by atoms with Crippen molar-refractivity contribution >= 4 is 17.5 Å². The van der Waals surface area contributed by atoms with Gasteiger partial charge in [0.25, 0.3) is 5.91 Å². The molecule has 3 rings (SSSR count). The van der Waals surface area contributed by atoms with E-state index < -0.39 is 0 Å². The fourth-order valence-corrected chi connectivity index (χ4v) is 2.88. The lowest BCUT2D eigenvalue weighted by Gasteiger charge is -2.29. The van der Waals surface area contributed by atoms with Gasteiger partial charge in [-0.25, -0.2) is 4.39 Å². The Hall–Kier alpha value is -3.09. The van der Waals surface area contributed by atoms with Crippen LogP contribution in [0.4, 0.5) is 10.1 Å². The van der Waals surface area contributed by atoms with Gasteiger partial charge in [-0.05, 0) is 49.2 Å². The van der Waals surface area contributed by atoms with Gasteiger partial charge in [-0.2, -0.15) is 0 Å². The molecule has 1 aliphatic heterocycles. The largest absolute Gasteiger partial charge is 0.494 e. The lowest BCUT2D eigenvalue weighted by molar-refractivity contribution is -0.122. The lowest BCUT2D eigenvalue weighted by Crippen LogP contribution is -2.41. The highest BCUT2D eigenvalue weighted by Crippen LogP contribution is 2.31. The van der Waals surface area contributed by atoms with Crippen molar-refractivity contribution < 1.29 is 23.5 Å². The van der Waals surface area contributed by atoms with Gasteiger partial charge < -0.3 is 19.7 Å². The Kier molecular flexibility index (Phi) is 6.84. The summed E-state index contributed by atoms with van der Waals surface area (Å²) in [5.41, 5.74) is 0.699. The van der Waals surface area contributed by atoms with Crippen LogP contribution in [-0.2, 0) is 9.59 Å². The maximum Gasteiger partial charge on any atom is 0.265 e. The van der Waals surface area contributed by atoms with Gasteiger partial charge in [0.1, 0.15) is 17.3 Å². The maximum atomic E-state index is 12.8. The number of anilines is 1. The topological polar surface area (TPSA) is 67.9 Å². The highest BCUT2D eigenvalue weighted by molar-refractivity contribution is 5.98. The van der Waals surface area contributed by atoms with Crippen LogP contribution in [0.1, 0.15) is 19.3 Å². The van der Waals surface area contributed by atoms with Crippen LogP contribution in [-0.4, -0.2) is 38.1 Å². The van der Waals surface area contributed by atoms with Gasteiger partial charge >= 0.3 is 0 Å². The molecule has 2 aromatic rings. The molecule has 1 N–H and O–H groups in total. The number of rotatable bonds is 9. The molecule has 2 amide bonds. The SMILES string of the molecule is O=C(CCN1C(=O)COc2ccccc21)NCCCCOc1ccc(F)cc1. The number of ether oxygens (including phenoxy) is 2. The number of nitrogens with one attached hydrogen (secondary N) is 1. The zero-order valence-corrected chi connectivity index (χ0v) is 15.5. The number of hydrogen-bond donors (Lipinski definition) is 1. The van der Waals surface area contributed by atoms with Crippen molar-refractivity contribution in [1.29, 1.82) is 0 Å². The second-order valence-corrected chi connectivity index (χ2v) is 6.41. The highest BCUT2D eigenvalue weighted by atomic mass is 19.1. The predicted molar refractivity (Wildman–Crippen MR) is 103 cm³/mol. The standard InChI is InChI=1S/C21H23FN2O4/c22-16-7-9-17(10-8-16)27-14-4-3-12-23-20(25)11-13-24-18-5-1-2-6-19(18)28-15-21(24)26/h1-2,5-10H,3-4,11-15H2,(H,23,25). The molecule has 0 saturated heterocycles. The molecule has 0 atom stereocenters. The van der Waals surface area contributed by atoms with E-state index in [1.165, 1.54) is 12.1 Å². The van der Waals surface area contributed by atoms with Gasteiger partial charge in [-0.1, -0.05) is 12.1 Å². The van der Waals surface area contributed by atoms with Crippen LogP contribution in [0, 0.1) is 5.82 Å². The number of amides is 2. The van der Waals surface area contributed by atoms with Gasteiger partial charge in [0.15, 0.2) is 6.61 Å². The third-order valence-electron chi connectivity index (χ3n) is 4.35. The van der Waals surface area contributed by atoms with E-state index >= 15 is 0 Å². The summed E-state index contributed by atoms with van der Waals surface area (Å²) in [6, 6.07) is 13.2. The molecule has 0 unspecified atom stereocenters. The summed E-state index contributed by atoms with van der Waals surface area (Å²) in [6.07, 6.45) is 1.77. The molecule has 7 heteroatoms. The third-order valence-corrected chi connectivity index (χ3v) is 4.35. The number of carbonyl (C=O) groups is 2. The Morgan fingerprint density at radius 3 is 2.75 bits per heavy atom. The van der Waals surface area contributed by atoms with Gasteiger partial charge in [0, 0.05) is 19.5 Å². The summed E-state index contributed by atoms with van der Waals surface area (Å²) >= 11 is 0. The first-order valence-corrected chi connectivity index (χ1v) is 9.31. The molecule has 0 bridgehead atoms. The van der Waals surface area contributed by atoms with Crippen LogP contribution in [0.5, 0.6) is 11.5 Å². The van der Waals surface area contributed by atoms with Crippen molar-refractivity contribution in [3.63, 3.8) is 0 Å². The first-order valence-electron chi connectivity index (χ1n) is 9.31. The van der Waals surface area contributed by atoms with E-state index in [-0.39, 0.29) is 30.7 Å². The molecular weight excluding hydrogens is 363 g/mol. The minimum absolute atomic E-state index is 0.00725. The summed E-state index contributed by atoms with van der Waals surface area (Å²) in [5.74, 6) is 0.738. The van der Waals surface area contributed by atoms with E-state index in [9.17, 15) is 14.0 Å². The second kappa shape index (κ2) is 9.73. The molecule has 0 aromatic heterocycles. The monoisotopic (exact) mass is 386 g/mol. The number of nitrogens with zero attached hydrogens (tertiary/aromatic N) is 1. The van der Waals surface area contributed by atoms with Crippen molar-refractivity contribution in [2.75, 3.05) is 31.2 Å². The van der Waals surface area contributed by atoms with Crippen molar-refractivity contribution in [3.8, 4) is 11.5 Å². The van der Waals surface area contributed by atoms with Crippen LogP contribution in [0.2, 0.25) is 0 Å². The molecule has 0 aliphatic carbocycles. The maximum absolute atomic E-state index is 12.8. The zero-order valence-electron chi connectivity index (χ0n) is 15.5. The van der Waals surface area contributed by atoms with E-state index in [1.807, 2.05) is 24.3 Å². The van der Waals surface area contributed by atoms with Crippen molar-refractivity contribution in [2.24, 2.45) is 0 Å². The summed E-state index contributed by atoms with van der Waals surface area (Å²) in [6.45, 7) is 1.35. The minimum atomic E-state index is -0.294. The van der Waals surface area contributed by atoms with Crippen LogP contribution < -0.4 is 19.7 Å². The first-order chi connectivity index (χ1) is 13.6. The molecule has 0 radical (unpaired) electrons. The van der Waals surface area contributed by atoms with E-state index in [0.29, 0.717) is 36.9 Å². The van der Waals surface area contributed by atoms with Crippen LogP contribution >= 0.6 is 0 Å². The Labute approximate surface area is 163 Å². The molecule has 6 nitrogen and oxygen atoms in total. The van der Waals surface area contributed by atoms with E-state index in [4.69, 9.17) is 9.47 Å². The first kappa shape index (κ1) is 19.7. The van der Waals surface area contributed by atoms with Crippen LogP contribution in [0.3, 0.4) is 0 Å². The molecule has 0 saturated carbocycles. The number of halogens is 1. The number of unbranched alkanes of at least 4 members (excludes halogenated alkanes) is 1. The van der Waals surface area contributed by atoms with Gasteiger partial charge in [-0.3, -0.25) is 9.59 Å². The Morgan fingerprint density at radius 1 is 1.14 bits per heavy atom. The Balaban J connectivity index is 1.32. The van der Waals surface area contributed by atoms with E-state index in [0.717, 1.165) is 12.8 Å². The minimum Gasteiger partial charge on any atom is -0.494 e. The number of para-hydroxylation sites is 2. The number of benzene rings is 2. The van der Waals surface area contributed by atoms with E-state index in [2.05, 4.69) is 5.32 Å². The molecule has 1 aliphatic rings. The predicted octanol–water partition coefficient (Wildman–Crippen LogP) is 2.92. The number of fused-ring (bicyclic) bond motifs is 1. The number of hydrogen-bond acceptors (Lipinski definition) is 4. The van der Waals surface area contributed by atoms with Gasteiger partial charge in [0.2, 0.25) is 5.91 Å². The summed E-state index contributed by atoms with van der Waals surface area (Å²) in [5, 5.41) is 2.85. The summed E-state index contributed by atoms with van der Waals surface area (Å²) < 4.78 is 23.7. The Bertz CT molecular complexity index is 810. The van der Waals surface area contributed by atoms with Gasteiger partial charge in [-0.15, -0.1) is 0 Å². The average Bonchev–Trinajstić information content (AvgIpc) is 2.71. The number of carbonyl (C=O) groups excluding carboxylic acids is 2. The third kappa shape index (κ3) is 5.45. The molecule has 2 aromatic carbocycles. The normalized spacial score (nSPS) is 12.9. The Morgan fingerprint density at radius 2 is 1.93 bits per heavy atom.